The highest BCUT2D eigenvalue weighted by atomic mass is 19.4. The summed E-state index contributed by atoms with van der Waals surface area (Å²) in [6.45, 7) is 1.09. The second-order valence-electron chi connectivity index (χ2n) is 6.42. The molecule has 2 aliphatic rings. The number of ether oxygens (including phenoxy) is 2. The number of methoxy groups -OCH3 is 1. The third-order valence-corrected chi connectivity index (χ3v) is 4.65. The average molecular weight is 385 g/mol. The molecule has 2 heterocycles. The maximum absolute atomic E-state index is 13.4. The predicted molar refractivity (Wildman–Crippen MR) is 93.8 cm³/mol. The molecule has 2 N–H and O–H groups in total. The Balaban J connectivity index is 1.67. The number of carbonyl (C=O) groups excluding carboxylic acids is 1. The molecule has 0 aromatic heterocycles. The van der Waals surface area contributed by atoms with E-state index in [1.165, 1.54) is 12.0 Å². The average Bonchev–Trinajstić information content (AvgIpc) is 2.66. The Morgan fingerprint density at radius 3 is 2.78 bits per heavy atom. The first-order valence-corrected chi connectivity index (χ1v) is 8.69. The van der Waals surface area contributed by atoms with Gasteiger partial charge < -0.3 is 20.1 Å². The zero-order valence-corrected chi connectivity index (χ0v) is 14.9. The minimum atomic E-state index is -4.41. The van der Waals surface area contributed by atoms with Crippen LogP contribution in [0, 0.1) is 0 Å². The van der Waals surface area contributed by atoms with Crippen LogP contribution in [0.15, 0.2) is 23.8 Å². The molecule has 3 rings (SSSR count). The highest BCUT2D eigenvalue weighted by Crippen LogP contribution is 2.30. The van der Waals surface area contributed by atoms with Crippen molar-refractivity contribution in [3.8, 4) is 11.5 Å². The molecule has 1 saturated heterocycles. The molecule has 0 bridgehead atoms. The van der Waals surface area contributed by atoms with E-state index in [1.807, 2.05) is 0 Å². The van der Waals surface area contributed by atoms with Gasteiger partial charge in [-0.25, -0.2) is 0 Å². The number of hydrogen-bond acceptors (Lipinski definition) is 5. The zero-order valence-electron chi connectivity index (χ0n) is 14.9. The lowest BCUT2D eigenvalue weighted by atomic mass is 10.1. The summed E-state index contributed by atoms with van der Waals surface area (Å²) in [6, 6.07) is 3.46. The lowest BCUT2D eigenvalue weighted by molar-refractivity contribution is -0.183. The second kappa shape index (κ2) is 8.18. The van der Waals surface area contributed by atoms with Crippen molar-refractivity contribution in [2.45, 2.75) is 12.2 Å². The Kier molecular flexibility index (Phi) is 5.91. The number of halogens is 3. The summed E-state index contributed by atoms with van der Waals surface area (Å²) in [5.41, 5.74) is 0.928. The van der Waals surface area contributed by atoms with E-state index in [-0.39, 0.29) is 12.2 Å². The van der Waals surface area contributed by atoms with Gasteiger partial charge in [0.1, 0.15) is 24.1 Å². The third-order valence-electron chi connectivity index (χ3n) is 4.65. The highest BCUT2D eigenvalue weighted by Gasteiger charge is 2.43. The second-order valence-corrected chi connectivity index (χ2v) is 6.42. The van der Waals surface area contributed by atoms with Gasteiger partial charge in [0.05, 0.1) is 12.7 Å². The molecule has 148 valence electrons. The number of fused-ring (bicyclic) bond motifs is 1. The first kappa shape index (κ1) is 19.5. The molecule has 0 spiro atoms. The normalized spacial score (nSPS) is 18.7. The van der Waals surface area contributed by atoms with Crippen LogP contribution in [0.3, 0.4) is 0 Å². The van der Waals surface area contributed by atoms with Gasteiger partial charge in [0.25, 0.3) is 5.91 Å². The molecule has 1 fully saturated rings. The molecule has 0 aliphatic carbocycles. The van der Waals surface area contributed by atoms with E-state index in [1.54, 1.807) is 24.3 Å². The van der Waals surface area contributed by atoms with Crippen LogP contribution in [0.2, 0.25) is 0 Å². The standard InChI is InChI=1S/C18H22F3N3O3/c1-26-14-2-3-15-12(9-14)8-13(11-27-15)17(25)23-10-16(18(19,20)21)24-6-4-22-5-7-24/h2-3,8-9,16,22H,4-7,10-11H2,1H3,(H,23,25). The van der Waals surface area contributed by atoms with Gasteiger partial charge in [-0.3, -0.25) is 9.69 Å². The number of piperazine rings is 1. The molecule has 6 nitrogen and oxygen atoms in total. The van der Waals surface area contributed by atoms with Crippen LogP contribution in [-0.2, 0) is 4.79 Å². The van der Waals surface area contributed by atoms with E-state index in [4.69, 9.17) is 9.47 Å². The third kappa shape index (κ3) is 4.72. The van der Waals surface area contributed by atoms with E-state index >= 15 is 0 Å². The first-order valence-electron chi connectivity index (χ1n) is 8.69. The quantitative estimate of drug-likeness (QED) is 0.803. The Hall–Kier alpha value is -2.26. The van der Waals surface area contributed by atoms with Crippen LogP contribution >= 0.6 is 0 Å². The van der Waals surface area contributed by atoms with E-state index in [9.17, 15) is 18.0 Å². The fourth-order valence-corrected chi connectivity index (χ4v) is 3.16. The molecule has 2 aliphatic heterocycles. The fourth-order valence-electron chi connectivity index (χ4n) is 3.16. The van der Waals surface area contributed by atoms with Crippen LogP contribution in [0.1, 0.15) is 5.56 Å². The van der Waals surface area contributed by atoms with Crippen LogP contribution in [-0.4, -0.2) is 69.5 Å². The van der Waals surface area contributed by atoms with Crippen molar-refractivity contribution in [2.75, 3.05) is 46.4 Å². The van der Waals surface area contributed by atoms with Gasteiger partial charge in [-0.2, -0.15) is 13.2 Å². The van der Waals surface area contributed by atoms with Crippen LogP contribution in [0.5, 0.6) is 11.5 Å². The molecule has 1 aromatic carbocycles. The van der Waals surface area contributed by atoms with E-state index < -0.39 is 24.7 Å². The van der Waals surface area contributed by atoms with Crippen LogP contribution in [0.4, 0.5) is 13.2 Å². The van der Waals surface area contributed by atoms with Crippen LogP contribution < -0.4 is 20.1 Å². The maximum Gasteiger partial charge on any atom is 0.405 e. The van der Waals surface area contributed by atoms with Gasteiger partial charge in [-0.15, -0.1) is 0 Å². The number of carbonyl (C=O) groups is 1. The lowest BCUT2D eigenvalue weighted by Gasteiger charge is -2.36. The molecule has 0 saturated carbocycles. The Bertz CT molecular complexity index is 716. The summed E-state index contributed by atoms with van der Waals surface area (Å²) in [7, 11) is 1.52. The highest BCUT2D eigenvalue weighted by molar-refractivity contribution is 5.99. The molecule has 1 atom stereocenters. The Labute approximate surface area is 155 Å². The molecule has 1 aromatic rings. The van der Waals surface area contributed by atoms with Crippen molar-refractivity contribution < 1.29 is 27.4 Å². The SMILES string of the molecule is COc1ccc2c(c1)C=C(C(=O)NCC(N1CCNCC1)C(F)(F)F)CO2. The lowest BCUT2D eigenvalue weighted by Crippen LogP contribution is -2.57. The molecular formula is C18H22F3N3O3. The van der Waals surface area contributed by atoms with E-state index in [0.29, 0.717) is 43.2 Å². The van der Waals surface area contributed by atoms with Gasteiger partial charge in [0.15, 0.2) is 0 Å². The summed E-state index contributed by atoms with van der Waals surface area (Å²) < 4.78 is 50.9. The van der Waals surface area contributed by atoms with Crippen molar-refractivity contribution in [3.05, 3.63) is 29.3 Å². The van der Waals surface area contributed by atoms with Gasteiger partial charge in [0.2, 0.25) is 0 Å². The van der Waals surface area contributed by atoms with Gasteiger partial charge in [0, 0.05) is 38.3 Å². The topological polar surface area (TPSA) is 62.8 Å². The summed E-state index contributed by atoms with van der Waals surface area (Å²) in [4.78, 5) is 13.7. The number of amides is 1. The summed E-state index contributed by atoms with van der Waals surface area (Å²) in [6.07, 6.45) is -2.80. The van der Waals surface area contributed by atoms with Crippen molar-refractivity contribution in [1.29, 1.82) is 0 Å². The molecular weight excluding hydrogens is 363 g/mol. The number of alkyl halides is 3. The smallest absolute Gasteiger partial charge is 0.405 e. The largest absolute Gasteiger partial charge is 0.497 e. The Morgan fingerprint density at radius 2 is 2.11 bits per heavy atom. The minimum absolute atomic E-state index is 0.00941. The van der Waals surface area contributed by atoms with E-state index in [0.717, 1.165) is 0 Å². The predicted octanol–water partition coefficient (Wildman–Crippen LogP) is 1.42. The monoisotopic (exact) mass is 385 g/mol. The zero-order chi connectivity index (χ0) is 19.4. The number of hydrogen-bond donors (Lipinski definition) is 2. The molecule has 27 heavy (non-hydrogen) atoms. The van der Waals surface area contributed by atoms with Crippen molar-refractivity contribution in [3.63, 3.8) is 0 Å². The number of benzene rings is 1. The first-order chi connectivity index (χ1) is 12.9. The fraction of sp³-hybridized carbons (Fsp3) is 0.500. The van der Waals surface area contributed by atoms with Crippen molar-refractivity contribution in [1.82, 2.24) is 15.5 Å². The number of rotatable bonds is 5. The van der Waals surface area contributed by atoms with Crippen molar-refractivity contribution >= 4 is 12.0 Å². The summed E-state index contributed by atoms with van der Waals surface area (Å²) in [5, 5.41) is 5.44. The maximum atomic E-state index is 13.4. The molecule has 9 heteroatoms. The van der Waals surface area contributed by atoms with Gasteiger partial charge in [-0.05, 0) is 24.3 Å². The van der Waals surface area contributed by atoms with Gasteiger partial charge >= 0.3 is 6.18 Å². The molecule has 1 unspecified atom stereocenters. The van der Waals surface area contributed by atoms with Crippen LogP contribution in [0.25, 0.3) is 6.08 Å². The molecule has 0 radical (unpaired) electrons. The summed E-state index contributed by atoms with van der Waals surface area (Å²) >= 11 is 0. The molecule has 1 amide bonds. The summed E-state index contributed by atoms with van der Waals surface area (Å²) in [5.74, 6) is 0.639. The minimum Gasteiger partial charge on any atom is -0.497 e. The van der Waals surface area contributed by atoms with Gasteiger partial charge in [-0.1, -0.05) is 0 Å². The number of nitrogens with zero attached hydrogens (tertiary/aromatic N) is 1. The van der Waals surface area contributed by atoms with Crippen molar-refractivity contribution in [2.24, 2.45) is 0 Å². The Morgan fingerprint density at radius 1 is 1.37 bits per heavy atom. The number of nitrogens with one attached hydrogen (secondary N) is 2. The van der Waals surface area contributed by atoms with E-state index in [2.05, 4.69) is 10.6 Å².